The maximum Gasteiger partial charge on any atom is 0.248 e. The molecule has 0 aliphatic heterocycles. The summed E-state index contributed by atoms with van der Waals surface area (Å²) in [7, 11) is 0. The molecule has 4 nitrogen and oxygen atoms in total. The van der Waals surface area contributed by atoms with Gasteiger partial charge in [0.2, 0.25) is 5.91 Å². The summed E-state index contributed by atoms with van der Waals surface area (Å²) in [6, 6.07) is 14.6. The van der Waals surface area contributed by atoms with E-state index in [-0.39, 0.29) is 0 Å². The van der Waals surface area contributed by atoms with Gasteiger partial charge < -0.3 is 10.5 Å². The van der Waals surface area contributed by atoms with Gasteiger partial charge in [-0.3, -0.25) is 9.78 Å². The molecule has 21 heavy (non-hydrogen) atoms. The third kappa shape index (κ3) is 2.69. The van der Waals surface area contributed by atoms with E-state index in [1.165, 1.54) is 0 Å². The quantitative estimate of drug-likeness (QED) is 0.798. The van der Waals surface area contributed by atoms with E-state index in [9.17, 15) is 4.79 Å². The highest BCUT2D eigenvalue weighted by atomic mass is 16.5. The van der Waals surface area contributed by atoms with Crippen molar-refractivity contribution in [3.63, 3.8) is 0 Å². The number of aryl methyl sites for hydroxylation is 1. The monoisotopic (exact) mass is 278 g/mol. The Morgan fingerprint density at radius 1 is 1.14 bits per heavy atom. The van der Waals surface area contributed by atoms with Crippen LogP contribution >= 0.6 is 0 Å². The molecule has 0 fully saturated rings. The number of benzene rings is 2. The van der Waals surface area contributed by atoms with Crippen LogP contribution in [0.4, 0.5) is 0 Å². The number of ether oxygens (including phenoxy) is 1. The minimum absolute atomic E-state index is 0.418. The Hall–Kier alpha value is -2.88. The van der Waals surface area contributed by atoms with Crippen molar-refractivity contribution >= 4 is 16.8 Å². The number of fused-ring (bicyclic) bond motifs is 1. The number of aromatic nitrogens is 1. The molecule has 0 unspecified atom stereocenters. The van der Waals surface area contributed by atoms with Gasteiger partial charge in [-0.2, -0.15) is 0 Å². The number of nitrogens with two attached hydrogens (primary N) is 1. The van der Waals surface area contributed by atoms with E-state index in [0.29, 0.717) is 17.1 Å². The lowest BCUT2D eigenvalue weighted by molar-refractivity contribution is 0.1000. The lowest BCUT2D eigenvalue weighted by Gasteiger charge is -2.09. The highest BCUT2D eigenvalue weighted by Gasteiger charge is 2.06. The maximum absolute atomic E-state index is 11.2. The molecule has 3 rings (SSSR count). The van der Waals surface area contributed by atoms with Crippen LogP contribution in [0.15, 0.2) is 54.7 Å². The van der Waals surface area contributed by atoms with Crippen LogP contribution in [0.1, 0.15) is 15.9 Å². The Kier molecular flexibility index (Phi) is 3.28. The number of rotatable bonds is 3. The van der Waals surface area contributed by atoms with Crippen molar-refractivity contribution < 1.29 is 9.53 Å². The Bertz CT molecular complexity index is 828. The van der Waals surface area contributed by atoms with Gasteiger partial charge in [0.1, 0.15) is 11.5 Å². The third-order valence-corrected chi connectivity index (χ3v) is 3.20. The number of carbonyl (C=O) groups excluding carboxylic acids is 1. The molecule has 3 aromatic rings. The van der Waals surface area contributed by atoms with Crippen molar-refractivity contribution in [2.75, 3.05) is 0 Å². The minimum Gasteiger partial charge on any atom is -0.457 e. The van der Waals surface area contributed by atoms with E-state index in [4.69, 9.17) is 10.5 Å². The van der Waals surface area contributed by atoms with Gasteiger partial charge in [0.15, 0.2) is 0 Å². The van der Waals surface area contributed by atoms with Crippen LogP contribution in [-0.4, -0.2) is 10.9 Å². The number of nitrogens with zero attached hydrogens (tertiary/aromatic N) is 1. The van der Waals surface area contributed by atoms with Crippen LogP contribution in [-0.2, 0) is 0 Å². The van der Waals surface area contributed by atoms with Crippen molar-refractivity contribution in [1.29, 1.82) is 0 Å². The summed E-state index contributed by atoms with van der Waals surface area (Å²) in [4.78, 5) is 15.5. The highest BCUT2D eigenvalue weighted by molar-refractivity contribution is 5.93. The topological polar surface area (TPSA) is 65.2 Å². The van der Waals surface area contributed by atoms with Gasteiger partial charge >= 0.3 is 0 Å². The summed E-state index contributed by atoms with van der Waals surface area (Å²) in [5.74, 6) is 0.789. The fraction of sp³-hybridized carbons (Fsp3) is 0.0588. The molecular weight excluding hydrogens is 264 g/mol. The molecule has 0 aliphatic carbocycles. The van der Waals surface area contributed by atoms with E-state index in [0.717, 1.165) is 16.5 Å². The fourth-order valence-electron chi connectivity index (χ4n) is 2.16. The van der Waals surface area contributed by atoms with Gasteiger partial charge in [0, 0.05) is 17.1 Å². The van der Waals surface area contributed by atoms with Gasteiger partial charge in [0.05, 0.1) is 5.52 Å². The molecule has 0 bridgehead atoms. The lowest BCUT2D eigenvalue weighted by atomic mass is 10.1. The van der Waals surface area contributed by atoms with E-state index in [1.807, 2.05) is 25.1 Å². The largest absolute Gasteiger partial charge is 0.457 e. The molecule has 104 valence electrons. The normalized spacial score (nSPS) is 10.5. The zero-order valence-electron chi connectivity index (χ0n) is 11.5. The van der Waals surface area contributed by atoms with Crippen LogP contribution in [0.25, 0.3) is 10.9 Å². The van der Waals surface area contributed by atoms with Crippen molar-refractivity contribution in [2.24, 2.45) is 5.73 Å². The summed E-state index contributed by atoms with van der Waals surface area (Å²) >= 11 is 0. The second-order valence-electron chi connectivity index (χ2n) is 4.82. The predicted molar refractivity (Wildman–Crippen MR) is 81.5 cm³/mol. The van der Waals surface area contributed by atoms with E-state index in [1.54, 1.807) is 36.5 Å². The first-order valence-electron chi connectivity index (χ1n) is 6.56. The van der Waals surface area contributed by atoms with Gasteiger partial charge in [-0.15, -0.1) is 0 Å². The lowest BCUT2D eigenvalue weighted by Crippen LogP contribution is -2.10. The van der Waals surface area contributed by atoms with Gasteiger partial charge in [-0.05, 0) is 48.9 Å². The van der Waals surface area contributed by atoms with Crippen molar-refractivity contribution in [2.45, 2.75) is 6.92 Å². The number of hydrogen-bond acceptors (Lipinski definition) is 3. The van der Waals surface area contributed by atoms with E-state index in [2.05, 4.69) is 4.98 Å². The average Bonchev–Trinajstić information content (AvgIpc) is 2.47. The zero-order valence-corrected chi connectivity index (χ0v) is 11.5. The third-order valence-electron chi connectivity index (χ3n) is 3.20. The van der Waals surface area contributed by atoms with Crippen LogP contribution < -0.4 is 10.5 Å². The number of carbonyl (C=O) groups is 1. The molecule has 1 aromatic heterocycles. The fourth-order valence-corrected chi connectivity index (χ4v) is 2.16. The molecule has 2 N–H and O–H groups in total. The molecule has 1 amide bonds. The summed E-state index contributed by atoms with van der Waals surface area (Å²) < 4.78 is 5.87. The number of amides is 1. The number of pyridine rings is 1. The molecule has 0 spiro atoms. The van der Waals surface area contributed by atoms with Crippen LogP contribution in [0.3, 0.4) is 0 Å². The Labute approximate surface area is 122 Å². The molecule has 0 radical (unpaired) electrons. The van der Waals surface area contributed by atoms with Crippen molar-refractivity contribution in [1.82, 2.24) is 4.98 Å². The summed E-state index contributed by atoms with van der Waals surface area (Å²) in [5.41, 5.74) is 7.71. The smallest absolute Gasteiger partial charge is 0.248 e. The van der Waals surface area contributed by atoms with Crippen molar-refractivity contribution in [3.8, 4) is 11.5 Å². The van der Waals surface area contributed by atoms with Crippen LogP contribution in [0.5, 0.6) is 11.5 Å². The van der Waals surface area contributed by atoms with Crippen LogP contribution in [0, 0.1) is 6.92 Å². The minimum atomic E-state index is -0.476. The Morgan fingerprint density at radius 2 is 2.00 bits per heavy atom. The number of hydrogen-bond donors (Lipinski definition) is 1. The van der Waals surface area contributed by atoms with Gasteiger partial charge in [-0.1, -0.05) is 12.1 Å². The molecule has 4 heteroatoms. The molecule has 0 saturated carbocycles. The molecule has 0 saturated heterocycles. The Morgan fingerprint density at radius 3 is 2.81 bits per heavy atom. The maximum atomic E-state index is 11.2. The first-order chi connectivity index (χ1) is 10.1. The van der Waals surface area contributed by atoms with Crippen LogP contribution in [0.2, 0.25) is 0 Å². The van der Waals surface area contributed by atoms with Gasteiger partial charge in [-0.25, -0.2) is 0 Å². The first kappa shape index (κ1) is 13.1. The highest BCUT2D eigenvalue weighted by Crippen LogP contribution is 2.29. The predicted octanol–water partition coefficient (Wildman–Crippen LogP) is 3.43. The molecule has 0 aliphatic rings. The van der Waals surface area contributed by atoms with E-state index >= 15 is 0 Å². The summed E-state index contributed by atoms with van der Waals surface area (Å²) in [6.45, 7) is 2.02. The average molecular weight is 278 g/mol. The number of primary amides is 1. The molecular formula is C17H14N2O2. The Balaban J connectivity index is 2.02. The summed E-state index contributed by atoms with van der Waals surface area (Å²) in [6.07, 6.45) is 1.70. The second-order valence-corrected chi connectivity index (χ2v) is 4.82. The van der Waals surface area contributed by atoms with E-state index < -0.39 is 5.91 Å². The second kappa shape index (κ2) is 5.25. The summed E-state index contributed by atoms with van der Waals surface area (Å²) in [5, 5.41) is 0.924. The SMILES string of the molecule is Cc1ccc2c(Oc3cccc(C(N)=O)c3)ccnc2c1. The zero-order chi connectivity index (χ0) is 14.8. The van der Waals surface area contributed by atoms with Crippen molar-refractivity contribution in [3.05, 3.63) is 65.9 Å². The first-order valence-corrected chi connectivity index (χ1v) is 6.56. The standard InChI is InChI=1S/C17H14N2O2/c1-11-5-6-14-15(9-11)19-8-7-16(14)21-13-4-2-3-12(10-13)17(18)20/h2-10H,1H3,(H2,18,20). The van der Waals surface area contributed by atoms with Gasteiger partial charge in [0.25, 0.3) is 0 Å². The molecule has 0 atom stereocenters. The molecule has 1 heterocycles. The molecule has 2 aromatic carbocycles.